The summed E-state index contributed by atoms with van der Waals surface area (Å²) in [7, 11) is 0. The largest absolute Gasteiger partial charge is 0.322 e. The highest BCUT2D eigenvalue weighted by Crippen LogP contribution is 2.33. The minimum Gasteiger partial charge on any atom is -0.317 e. The standard InChI is InChI=1S/C18H18ClFN2O/c1-12-7-8-16(15(19)10-12)21-18(23)22-9-3-6-17(22)13-4-2-5-14(20)11-13/h2,4-5,7-8,10-11,17H,3,6,9H2,1H3,(H,21,23)/t17-/m0/s1. The Morgan fingerprint density at radius 2 is 2.13 bits per heavy atom. The molecule has 2 amide bonds. The monoisotopic (exact) mass is 332 g/mol. The fraction of sp³-hybridized carbons (Fsp3) is 0.278. The number of aryl methyl sites for hydroxylation is 1. The second kappa shape index (κ2) is 6.59. The van der Waals surface area contributed by atoms with Crippen molar-refractivity contribution >= 4 is 23.3 Å². The lowest BCUT2D eigenvalue weighted by molar-refractivity contribution is 0.207. The summed E-state index contributed by atoms with van der Waals surface area (Å²) in [5.74, 6) is -0.281. The summed E-state index contributed by atoms with van der Waals surface area (Å²) < 4.78 is 13.4. The van der Waals surface area contributed by atoms with Crippen LogP contribution in [0.1, 0.15) is 30.0 Å². The fourth-order valence-electron chi connectivity index (χ4n) is 2.98. The van der Waals surface area contributed by atoms with Gasteiger partial charge in [0, 0.05) is 6.54 Å². The van der Waals surface area contributed by atoms with E-state index in [1.54, 1.807) is 17.0 Å². The van der Waals surface area contributed by atoms with Crippen molar-refractivity contribution in [2.45, 2.75) is 25.8 Å². The minimum absolute atomic E-state index is 0.102. The lowest BCUT2D eigenvalue weighted by Crippen LogP contribution is -2.34. The lowest BCUT2D eigenvalue weighted by Gasteiger charge is -2.25. The molecule has 5 heteroatoms. The Bertz CT molecular complexity index is 735. The molecule has 1 saturated heterocycles. The van der Waals surface area contributed by atoms with Crippen LogP contribution in [0, 0.1) is 12.7 Å². The van der Waals surface area contributed by atoms with Gasteiger partial charge in [-0.05, 0) is 55.2 Å². The normalized spacial score (nSPS) is 17.3. The highest BCUT2D eigenvalue weighted by atomic mass is 35.5. The highest BCUT2D eigenvalue weighted by Gasteiger charge is 2.30. The third kappa shape index (κ3) is 3.48. The first-order chi connectivity index (χ1) is 11.0. The van der Waals surface area contributed by atoms with Crippen LogP contribution in [0.3, 0.4) is 0 Å². The first kappa shape index (κ1) is 15.8. The zero-order valence-corrected chi connectivity index (χ0v) is 13.6. The van der Waals surface area contributed by atoms with E-state index in [0.29, 0.717) is 17.3 Å². The predicted molar refractivity (Wildman–Crippen MR) is 90.3 cm³/mol. The lowest BCUT2D eigenvalue weighted by atomic mass is 10.0. The van der Waals surface area contributed by atoms with Crippen molar-refractivity contribution in [2.24, 2.45) is 0 Å². The van der Waals surface area contributed by atoms with Crippen LogP contribution in [0.15, 0.2) is 42.5 Å². The molecular weight excluding hydrogens is 315 g/mol. The molecule has 1 atom stereocenters. The number of carbonyl (C=O) groups is 1. The first-order valence-electron chi connectivity index (χ1n) is 7.64. The van der Waals surface area contributed by atoms with Gasteiger partial charge in [-0.2, -0.15) is 0 Å². The van der Waals surface area contributed by atoms with Gasteiger partial charge in [0.15, 0.2) is 0 Å². The highest BCUT2D eigenvalue weighted by molar-refractivity contribution is 6.33. The molecular formula is C18H18ClFN2O. The van der Waals surface area contributed by atoms with Crippen molar-refractivity contribution in [3.63, 3.8) is 0 Å². The Morgan fingerprint density at radius 3 is 2.87 bits per heavy atom. The van der Waals surface area contributed by atoms with E-state index in [9.17, 15) is 9.18 Å². The predicted octanol–water partition coefficient (Wildman–Crippen LogP) is 5.16. The fourth-order valence-corrected chi connectivity index (χ4v) is 3.26. The maximum Gasteiger partial charge on any atom is 0.322 e. The van der Waals surface area contributed by atoms with Gasteiger partial charge < -0.3 is 10.2 Å². The Labute approximate surface area is 140 Å². The third-order valence-electron chi connectivity index (χ3n) is 4.11. The van der Waals surface area contributed by atoms with Crippen molar-refractivity contribution in [2.75, 3.05) is 11.9 Å². The average Bonchev–Trinajstić information content (AvgIpc) is 2.99. The van der Waals surface area contributed by atoms with Crippen molar-refractivity contribution in [3.05, 3.63) is 64.4 Å². The number of anilines is 1. The number of halogens is 2. The van der Waals surface area contributed by atoms with Crippen molar-refractivity contribution < 1.29 is 9.18 Å². The number of nitrogens with zero attached hydrogens (tertiary/aromatic N) is 1. The molecule has 1 heterocycles. The Hall–Kier alpha value is -2.07. The maximum atomic E-state index is 13.4. The van der Waals surface area contributed by atoms with Gasteiger partial charge in [-0.1, -0.05) is 29.8 Å². The van der Waals surface area contributed by atoms with Crippen LogP contribution >= 0.6 is 11.6 Å². The summed E-state index contributed by atoms with van der Waals surface area (Å²) >= 11 is 6.17. The molecule has 3 rings (SSSR count). The molecule has 1 aliphatic heterocycles. The molecule has 1 N–H and O–H groups in total. The number of hydrogen-bond donors (Lipinski definition) is 1. The molecule has 3 nitrogen and oxygen atoms in total. The second-order valence-electron chi connectivity index (χ2n) is 5.82. The molecule has 0 aliphatic carbocycles. The Morgan fingerprint density at radius 1 is 1.30 bits per heavy atom. The molecule has 0 saturated carbocycles. The molecule has 1 aliphatic rings. The molecule has 0 aromatic heterocycles. The first-order valence-corrected chi connectivity index (χ1v) is 8.01. The number of hydrogen-bond acceptors (Lipinski definition) is 1. The zero-order valence-electron chi connectivity index (χ0n) is 12.9. The van der Waals surface area contributed by atoms with Gasteiger partial charge in [-0.25, -0.2) is 9.18 Å². The summed E-state index contributed by atoms with van der Waals surface area (Å²) in [6.07, 6.45) is 1.73. The molecule has 2 aromatic carbocycles. The van der Waals surface area contributed by atoms with E-state index in [1.807, 2.05) is 25.1 Å². The van der Waals surface area contributed by atoms with Crippen LogP contribution < -0.4 is 5.32 Å². The van der Waals surface area contributed by atoms with Crippen LogP contribution in [-0.4, -0.2) is 17.5 Å². The van der Waals surface area contributed by atoms with Crippen LogP contribution in [0.25, 0.3) is 0 Å². The van der Waals surface area contributed by atoms with Crippen LogP contribution in [-0.2, 0) is 0 Å². The van der Waals surface area contributed by atoms with Crippen molar-refractivity contribution in [1.82, 2.24) is 4.90 Å². The van der Waals surface area contributed by atoms with Crippen molar-refractivity contribution in [3.8, 4) is 0 Å². The molecule has 23 heavy (non-hydrogen) atoms. The van der Waals surface area contributed by atoms with Gasteiger partial charge in [-0.15, -0.1) is 0 Å². The van der Waals surface area contributed by atoms with Gasteiger partial charge in [0.05, 0.1) is 16.8 Å². The number of likely N-dealkylation sites (tertiary alicyclic amines) is 1. The zero-order chi connectivity index (χ0) is 16.4. The van der Waals surface area contributed by atoms with Gasteiger partial charge in [0.25, 0.3) is 0 Å². The average molecular weight is 333 g/mol. The maximum absolute atomic E-state index is 13.4. The molecule has 0 radical (unpaired) electrons. The molecule has 1 fully saturated rings. The van der Waals surface area contributed by atoms with Gasteiger partial charge in [0.2, 0.25) is 0 Å². The van der Waals surface area contributed by atoms with Gasteiger partial charge >= 0.3 is 6.03 Å². The van der Waals surface area contributed by atoms with E-state index in [1.165, 1.54) is 12.1 Å². The minimum atomic E-state index is -0.281. The van der Waals surface area contributed by atoms with E-state index in [0.717, 1.165) is 24.0 Å². The molecule has 120 valence electrons. The third-order valence-corrected chi connectivity index (χ3v) is 4.43. The Kier molecular flexibility index (Phi) is 4.53. The number of amides is 2. The number of carbonyl (C=O) groups excluding carboxylic acids is 1. The molecule has 0 spiro atoms. The summed E-state index contributed by atoms with van der Waals surface area (Å²) in [5.41, 5.74) is 2.45. The van der Waals surface area contributed by atoms with Crippen LogP contribution in [0.5, 0.6) is 0 Å². The molecule has 0 bridgehead atoms. The van der Waals surface area contributed by atoms with E-state index in [4.69, 9.17) is 11.6 Å². The smallest absolute Gasteiger partial charge is 0.317 e. The van der Waals surface area contributed by atoms with E-state index < -0.39 is 0 Å². The summed E-state index contributed by atoms with van der Waals surface area (Å²) in [4.78, 5) is 14.3. The second-order valence-corrected chi connectivity index (χ2v) is 6.23. The van der Waals surface area contributed by atoms with E-state index in [-0.39, 0.29) is 17.9 Å². The number of nitrogens with one attached hydrogen (secondary N) is 1. The Balaban J connectivity index is 1.78. The van der Waals surface area contributed by atoms with Gasteiger partial charge in [-0.3, -0.25) is 0 Å². The number of rotatable bonds is 2. The SMILES string of the molecule is Cc1ccc(NC(=O)N2CCC[C@H]2c2cccc(F)c2)c(Cl)c1. The molecule has 2 aromatic rings. The summed E-state index contributed by atoms with van der Waals surface area (Å²) in [5, 5.41) is 3.37. The van der Waals surface area contributed by atoms with Crippen LogP contribution in [0.4, 0.5) is 14.9 Å². The van der Waals surface area contributed by atoms with E-state index in [2.05, 4.69) is 5.32 Å². The number of benzene rings is 2. The van der Waals surface area contributed by atoms with Crippen LogP contribution in [0.2, 0.25) is 5.02 Å². The topological polar surface area (TPSA) is 32.3 Å². The number of urea groups is 1. The summed E-state index contributed by atoms with van der Waals surface area (Å²) in [6, 6.07) is 11.6. The van der Waals surface area contributed by atoms with E-state index >= 15 is 0 Å². The summed E-state index contributed by atoms with van der Waals surface area (Å²) in [6.45, 7) is 2.59. The van der Waals surface area contributed by atoms with Crippen molar-refractivity contribution in [1.29, 1.82) is 0 Å². The molecule has 0 unspecified atom stereocenters. The van der Waals surface area contributed by atoms with Gasteiger partial charge in [0.1, 0.15) is 5.82 Å². The quantitative estimate of drug-likeness (QED) is 0.809.